The number of nitrogens with zero attached hydrogens (tertiary/aromatic N) is 3. The molecule has 0 bridgehead atoms. The Labute approximate surface area is 185 Å². The van der Waals surface area contributed by atoms with Gasteiger partial charge in [0.05, 0.1) is 52.8 Å². The van der Waals surface area contributed by atoms with Gasteiger partial charge in [-0.25, -0.2) is 9.48 Å². The molecule has 2 aromatic carbocycles. The lowest BCUT2D eigenvalue weighted by molar-refractivity contribution is 0.0600. The third-order valence-electron chi connectivity index (χ3n) is 5.74. The van der Waals surface area contributed by atoms with E-state index in [2.05, 4.69) is 10.3 Å². The zero-order valence-electron chi connectivity index (χ0n) is 18.4. The SMILES string of the molecule is COC(=O)c1ccc2c(c1)[C@@H](n1cc(CO)nn1)CCc1cc(OC)c(OC)c(OC)c1-2. The second-order valence-corrected chi connectivity index (χ2v) is 7.38. The quantitative estimate of drug-likeness (QED) is 0.585. The summed E-state index contributed by atoms with van der Waals surface area (Å²) >= 11 is 0. The van der Waals surface area contributed by atoms with Crippen molar-refractivity contribution in [3.8, 4) is 28.4 Å². The van der Waals surface area contributed by atoms with Crippen LogP contribution in [0.3, 0.4) is 0 Å². The first-order valence-corrected chi connectivity index (χ1v) is 10.1. The van der Waals surface area contributed by atoms with Crippen LogP contribution >= 0.6 is 0 Å². The second-order valence-electron chi connectivity index (χ2n) is 7.38. The maximum Gasteiger partial charge on any atom is 0.337 e. The first-order chi connectivity index (χ1) is 15.6. The number of benzene rings is 2. The minimum absolute atomic E-state index is 0.204. The van der Waals surface area contributed by atoms with Crippen LogP contribution in [0.15, 0.2) is 30.5 Å². The lowest BCUT2D eigenvalue weighted by atomic mass is 9.92. The molecule has 0 amide bonds. The molecule has 1 heterocycles. The molecule has 0 saturated carbocycles. The summed E-state index contributed by atoms with van der Waals surface area (Å²) in [5, 5.41) is 17.7. The van der Waals surface area contributed by atoms with E-state index in [4.69, 9.17) is 18.9 Å². The Balaban J connectivity index is 2.00. The summed E-state index contributed by atoms with van der Waals surface area (Å²) in [6, 6.07) is 7.16. The van der Waals surface area contributed by atoms with Crippen LogP contribution in [-0.2, 0) is 17.8 Å². The summed E-state index contributed by atoms with van der Waals surface area (Å²) in [5.74, 6) is 1.21. The van der Waals surface area contributed by atoms with Gasteiger partial charge in [-0.3, -0.25) is 0 Å². The number of aromatic nitrogens is 3. The largest absolute Gasteiger partial charge is 0.493 e. The second kappa shape index (κ2) is 8.88. The van der Waals surface area contributed by atoms with Crippen molar-refractivity contribution < 1.29 is 28.8 Å². The highest BCUT2D eigenvalue weighted by Gasteiger charge is 2.31. The van der Waals surface area contributed by atoms with Crippen LogP contribution in [0.1, 0.15) is 39.6 Å². The van der Waals surface area contributed by atoms with E-state index in [1.165, 1.54) is 7.11 Å². The van der Waals surface area contributed by atoms with E-state index in [0.717, 1.165) is 22.3 Å². The molecule has 0 aliphatic heterocycles. The summed E-state index contributed by atoms with van der Waals surface area (Å²) in [7, 11) is 6.10. The highest BCUT2D eigenvalue weighted by atomic mass is 16.5. The lowest BCUT2D eigenvalue weighted by Gasteiger charge is -2.21. The number of hydrogen-bond acceptors (Lipinski definition) is 8. The normalized spacial score (nSPS) is 14.7. The molecule has 1 aromatic heterocycles. The van der Waals surface area contributed by atoms with Crippen molar-refractivity contribution >= 4 is 5.97 Å². The van der Waals surface area contributed by atoms with Crippen LogP contribution < -0.4 is 14.2 Å². The first-order valence-electron chi connectivity index (χ1n) is 10.1. The van der Waals surface area contributed by atoms with Gasteiger partial charge in [0.1, 0.15) is 5.69 Å². The Morgan fingerprint density at radius 2 is 1.91 bits per heavy atom. The van der Waals surface area contributed by atoms with Gasteiger partial charge in [0.2, 0.25) is 5.75 Å². The number of hydrogen-bond donors (Lipinski definition) is 1. The summed E-state index contributed by atoms with van der Waals surface area (Å²) in [6.45, 7) is -0.204. The summed E-state index contributed by atoms with van der Waals surface area (Å²) in [4.78, 5) is 12.3. The highest BCUT2D eigenvalue weighted by molar-refractivity contribution is 5.92. The molecule has 0 fully saturated rings. The van der Waals surface area contributed by atoms with Crippen LogP contribution in [0.2, 0.25) is 0 Å². The van der Waals surface area contributed by atoms with Crippen molar-refractivity contribution in [3.05, 3.63) is 52.8 Å². The molecule has 9 nitrogen and oxygen atoms in total. The molecule has 1 aliphatic carbocycles. The number of aliphatic hydroxyl groups is 1. The Hall–Kier alpha value is -3.59. The number of methoxy groups -OCH3 is 4. The van der Waals surface area contributed by atoms with E-state index in [-0.39, 0.29) is 12.6 Å². The number of carbonyl (C=O) groups excluding carboxylic acids is 1. The molecule has 168 valence electrons. The summed E-state index contributed by atoms with van der Waals surface area (Å²) < 4.78 is 23.6. The van der Waals surface area contributed by atoms with Crippen LogP contribution in [0, 0.1) is 0 Å². The fraction of sp³-hybridized carbons (Fsp3) is 0.348. The third kappa shape index (κ3) is 3.54. The monoisotopic (exact) mass is 439 g/mol. The highest BCUT2D eigenvalue weighted by Crippen LogP contribution is 2.51. The maximum absolute atomic E-state index is 12.3. The van der Waals surface area contributed by atoms with Gasteiger partial charge < -0.3 is 24.1 Å². The van der Waals surface area contributed by atoms with Gasteiger partial charge in [0.15, 0.2) is 11.5 Å². The van der Waals surface area contributed by atoms with Gasteiger partial charge in [-0.1, -0.05) is 11.3 Å². The molecule has 1 aliphatic rings. The van der Waals surface area contributed by atoms with E-state index in [1.807, 2.05) is 18.2 Å². The number of rotatable bonds is 6. The zero-order chi connectivity index (χ0) is 22.8. The first kappa shape index (κ1) is 21.6. The summed E-state index contributed by atoms with van der Waals surface area (Å²) in [6.07, 6.45) is 3.08. The van der Waals surface area contributed by atoms with Gasteiger partial charge in [-0.15, -0.1) is 5.10 Å². The molecule has 1 atom stereocenters. The Morgan fingerprint density at radius 1 is 1.12 bits per heavy atom. The molecule has 1 N–H and O–H groups in total. The van der Waals surface area contributed by atoms with Crippen molar-refractivity contribution in [3.63, 3.8) is 0 Å². The summed E-state index contributed by atoms with van der Waals surface area (Å²) in [5.41, 5.74) is 4.55. The van der Waals surface area contributed by atoms with E-state index in [0.29, 0.717) is 41.3 Å². The van der Waals surface area contributed by atoms with Crippen LogP contribution in [0.5, 0.6) is 17.2 Å². The number of fused-ring (bicyclic) bond motifs is 3. The predicted octanol–water partition coefficient (Wildman–Crippen LogP) is 2.79. The van der Waals surface area contributed by atoms with Gasteiger partial charge in [0.25, 0.3) is 0 Å². The van der Waals surface area contributed by atoms with Crippen LogP contribution in [0.4, 0.5) is 0 Å². The minimum Gasteiger partial charge on any atom is -0.493 e. The minimum atomic E-state index is -0.426. The topological polar surface area (TPSA) is 105 Å². The smallest absolute Gasteiger partial charge is 0.337 e. The van der Waals surface area contributed by atoms with E-state index in [1.54, 1.807) is 38.3 Å². The number of esters is 1. The average molecular weight is 439 g/mol. The number of aliphatic hydroxyl groups excluding tert-OH is 1. The molecule has 4 rings (SSSR count). The lowest BCUT2D eigenvalue weighted by Crippen LogP contribution is -2.13. The molecular weight excluding hydrogens is 414 g/mol. The predicted molar refractivity (Wildman–Crippen MR) is 115 cm³/mol. The standard InChI is InChI=1S/C23H25N3O6/c1-29-19-10-13-6-8-18(26-11-15(12-27)24-25-26)17-9-14(23(28)32-4)5-7-16(17)20(13)22(31-3)21(19)30-2/h5,7,9-11,18,27H,6,8,12H2,1-4H3/t18-/m0/s1. The molecule has 32 heavy (non-hydrogen) atoms. The molecule has 0 unspecified atom stereocenters. The number of aryl methyl sites for hydroxylation is 1. The molecule has 9 heteroatoms. The molecule has 0 spiro atoms. The van der Waals surface area contributed by atoms with Crippen molar-refractivity contribution in [2.24, 2.45) is 0 Å². The van der Waals surface area contributed by atoms with Crippen molar-refractivity contribution in [1.29, 1.82) is 0 Å². The van der Waals surface area contributed by atoms with Gasteiger partial charge in [-0.2, -0.15) is 0 Å². The number of carbonyl (C=O) groups is 1. The van der Waals surface area contributed by atoms with Crippen molar-refractivity contribution in [2.45, 2.75) is 25.5 Å². The fourth-order valence-corrected chi connectivity index (χ4v) is 4.27. The van der Waals surface area contributed by atoms with Crippen LogP contribution in [-0.4, -0.2) is 54.5 Å². The fourth-order valence-electron chi connectivity index (χ4n) is 4.27. The van der Waals surface area contributed by atoms with E-state index >= 15 is 0 Å². The molecule has 0 saturated heterocycles. The average Bonchev–Trinajstić information content (AvgIpc) is 3.25. The van der Waals surface area contributed by atoms with Crippen molar-refractivity contribution in [2.75, 3.05) is 28.4 Å². The maximum atomic E-state index is 12.3. The third-order valence-corrected chi connectivity index (χ3v) is 5.74. The molecular formula is C23H25N3O6. The van der Waals surface area contributed by atoms with Crippen molar-refractivity contribution in [1.82, 2.24) is 15.0 Å². The Bertz CT molecular complexity index is 1160. The Morgan fingerprint density at radius 3 is 2.53 bits per heavy atom. The molecule has 3 aromatic rings. The zero-order valence-corrected chi connectivity index (χ0v) is 18.4. The number of ether oxygens (including phenoxy) is 4. The molecule has 0 radical (unpaired) electrons. The van der Waals surface area contributed by atoms with Gasteiger partial charge >= 0.3 is 5.97 Å². The van der Waals surface area contributed by atoms with Gasteiger partial charge in [0, 0.05) is 5.56 Å². The Kier molecular flexibility index (Phi) is 6.00. The van der Waals surface area contributed by atoms with E-state index in [9.17, 15) is 9.90 Å². The van der Waals surface area contributed by atoms with Crippen LogP contribution in [0.25, 0.3) is 11.1 Å². The van der Waals surface area contributed by atoms with Gasteiger partial charge in [-0.05, 0) is 47.7 Å². The van der Waals surface area contributed by atoms with E-state index < -0.39 is 5.97 Å².